The lowest BCUT2D eigenvalue weighted by molar-refractivity contribution is -0.0503. The lowest BCUT2D eigenvalue weighted by atomic mass is 10.1. The zero-order chi connectivity index (χ0) is 30.2. The number of aromatic nitrogens is 2. The fraction of sp³-hybridized carbons (Fsp3) is 0.250. The van der Waals surface area contributed by atoms with Gasteiger partial charge < -0.3 is 14.4 Å². The van der Waals surface area contributed by atoms with Gasteiger partial charge in [-0.1, -0.05) is 98.3 Å². The van der Waals surface area contributed by atoms with Gasteiger partial charge in [-0.25, -0.2) is 4.98 Å². The Kier molecular flexibility index (Phi) is 9.84. The number of ether oxygens (including phenoxy) is 1. The summed E-state index contributed by atoms with van der Waals surface area (Å²) in [5.41, 5.74) is 6.89. The number of alkyl halides is 2. The number of phenolic OH excluding ortho intramolecular Hbond substituents is 1. The predicted molar refractivity (Wildman–Crippen MR) is 167 cm³/mol. The highest BCUT2D eigenvalue weighted by molar-refractivity contribution is 5.68. The summed E-state index contributed by atoms with van der Waals surface area (Å²) < 4.78 is 32.8. The molecule has 0 saturated heterocycles. The lowest BCUT2D eigenvalue weighted by Gasteiger charge is -2.25. The molecule has 0 bridgehead atoms. The molecule has 4 aromatic carbocycles. The highest BCUT2D eigenvalue weighted by atomic mass is 19.3. The minimum Gasteiger partial charge on any atom is -0.508 e. The second-order valence-corrected chi connectivity index (χ2v) is 10.8. The molecule has 1 N–H and O–H groups in total. The average Bonchev–Trinajstić information content (AvgIpc) is 3.37. The van der Waals surface area contributed by atoms with Crippen LogP contribution in [0.4, 0.5) is 8.78 Å². The molecule has 0 amide bonds. The van der Waals surface area contributed by atoms with Gasteiger partial charge >= 0.3 is 6.61 Å². The van der Waals surface area contributed by atoms with E-state index in [1.165, 1.54) is 0 Å². The number of rotatable bonds is 13. The van der Waals surface area contributed by atoms with Crippen molar-refractivity contribution < 1.29 is 18.6 Å². The van der Waals surface area contributed by atoms with Crippen molar-refractivity contribution in [2.45, 2.75) is 59.5 Å². The number of phenols is 1. The topological polar surface area (TPSA) is 50.5 Å². The van der Waals surface area contributed by atoms with E-state index in [2.05, 4.69) is 45.4 Å². The molecule has 0 spiro atoms. The Bertz CT molecular complexity index is 1600. The number of hydrogen-bond acceptors (Lipinski definition) is 4. The standard InChI is InChI=1S/C36H37F2N3O2/c1-3-4-21-41-32(34(29-11-7-5-8-12-29)39-35(41)30-13-9-6-10-14-30)25-40(23-27-15-18-31(42)19-16-27)24-28-17-20-33(26(2)22-28)43-36(37)38/h5-20,22,36,42H,3-4,21,23-25H2,1-2H3. The van der Waals surface area contributed by atoms with E-state index in [1.54, 1.807) is 25.1 Å². The first-order chi connectivity index (χ1) is 20.9. The molecule has 0 fully saturated rings. The third kappa shape index (κ3) is 7.67. The van der Waals surface area contributed by atoms with Gasteiger partial charge in [0.25, 0.3) is 0 Å². The SMILES string of the molecule is CCCCn1c(-c2ccccc2)nc(-c2ccccc2)c1CN(Cc1ccc(O)cc1)Cc1ccc(OC(F)F)c(C)c1. The van der Waals surface area contributed by atoms with E-state index in [0.29, 0.717) is 25.2 Å². The molecule has 1 heterocycles. The Labute approximate surface area is 252 Å². The molecular formula is C36H37F2N3O2. The van der Waals surface area contributed by atoms with Gasteiger partial charge in [0.1, 0.15) is 17.3 Å². The van der Waals surface area contributed by atoms with Crippen LogP contribution in [0.1, 0.15) is 42.1 Å². The molecule has 0 radical (unpaired) electrons. The van der Waals surface area contributed by atoms with Gasteiger partial charge in [0.2, 0.25) is 0 Å². The van der Waals surface area contributed by atoms with Crippen LogP contribution in [0.25, 0.3) is 22.6 Å². The lowest BCUT2D eigenvalue weighted by Crippen LogP contribution is -2.24. The Morgan fingerprint density at radius 2 is 1.44 bits per heavy atom. The van der Waals surface area contributed by atoms with Crippen molar-refractivity contribution in [3.63, 3.8) is 0 Å². The number of benzene rings is 4. The molecule has 5 rings (SSSR count). The van der Waals surface area contributed by atoms with Crippen molar-refractivity contribution in [3.8, 4) is 34.1 Å². The fourth-order valence-electron chi connectivity index (χ4n) is 5.37. The number of aryl methyl sites for hydroxylation is 1. The zero-order valence-corrected chi connectivity index (χ0v) is 24.6. The van der Waals surface area contributed by atoms with E-state index < -0.39 is 6.61 Å². The molecule has 43 heavy (non-hydrogen) atoms. The van der Waals surface area contributed by atoms with Crippen molar-refractivity contribution in [2.75, 3.05) is 0 Å². The third-order valence-electron chi connectivity index (χ3n) is 7.46. The van der Waals surface area contributed by atoms with Gasteiger partial charge in [0.05, 0.1) is 11.4 Å². The smallest absolute Gasteiger partial charge is 0.387 e. The van der Waals surface area contributed by atoms with E-state index in [0.717, 1.165) is 58.9 Å². The maximum atomic E-state index is 12.9. The van der Waals surface area contributed by atoms with Crippen molar-refractivity contribution in [3.05, 3.63) is 126 Å². The van der Waals surface area contributed by atoms with Crippen molar-refractivity contribution >= 4 is 0 Å². The molecule has 0 atom stereocenters. The maximum absolute atomic E-state index is 12.9. The number of hydrogen-bond donors (Lipinski definition) is 1. The largest absolute Gasteiger partial charge is 0.508 e. The van der Waals surface area contributed by atoms with E-state index in [4.69, 9.17) is 4.98 Å². The average molecular weight is 582 g/mol. The Balaban J connectivity index is 1.58. The summed E-state index contributed by atoms with van der Waals surface area (Å²) in [4.78, 5) is 7.58. The van der Waals surface area contributed by atoms with Gasteiger partial charge in [-0.15, -0.1) is 0 Å². The summed E-state index contributed by atoms with van der Waals surface area (Å²) >= 11 is 0. The summed E-state index contributed by atoms with van der Waals surface area (Å²) in [6.45, 7) is 3.73. The molecule has 7 heteroatoms. The molecule has 222 valence electrons. The molecule has 0 aliphatic heterocycles. The summed E-state index contributed by atoms with van der Waals surface area (Å²) in [5.74, 6) is 1.34. The summed E-state index contributed by atoms with van der Waals surface area (Å²) in [5, 5.41) is 9.88. The number of imidazole rings is 1. The van der Waals surface area contributed by atoms with Crippen LogP contribution >= 0.6 is 0 Å². The van der Waals surface area contributed by atoms with Crippen molar-refractivity contribution in [2.24, 2.45) is 0 Å². The van der Waals surface area contributed by atoms with Crippen molar-refractivity contribution in [1.82, 2.24) is 14.5 Å². The van der Waals surface area contributed by atoms with Crippen LogP contribution in [0.3, 0.4) is 0 Å². The molecular weight excluding hydrogens is 544 g/mol. The van der Waals surface area contributed by atoms with Crippen LogP contribution in [-0.2, 0) is 26.2 Å². The summed E-state index contributed by atoms with van der Waals surface area (Å²) in [6.07, 6.45) is 2.07. The highest BCUT2D eigenvalue weighted by Gasteiger charge is 2.22. The summed E-state index contributed by atoms with van der Waals surface area (Å²) in [7, 11) is 0. The van der Waals surface area contributed by atoms with E-state index in [1.807, 2.05) is 60.7 Å². The number of unbranched alkanes of at least 4 members (excludes halogenated alkanes) is 1. The molecule has 0 aliphatic rings. The van der Waals surface area contributed by atoms with Gasteiger partial charge in [-0.2, -0.15) is 8.78 Å². The maximum Gasteiger partial charge on any atom is 0.387 e. The zero-order valence-electron chi connectivity index (χ0n) is 24.6. The number of nitrogens with zero attached hydrogens (tertiary/aromatic N) is 3. The van der Waals surface area contributed by atoms with Crippen LogP contribution in [-0.4, -0.2) is 26.2 Å². The molecule has 5 nitrogen and oxygen atoms in total. The van der Waals surface area contributed by atoms with Crippen LogP contribution in [0.15, 0.2) is 103 Å². The minimum atomic E-state index is -2.87. The van der Waals surface area contributed by atoms with Crippen LogP contribution < -0.4 is 4.74 Å². The van der Waals surface area contributed by atoms with Crippen LogP contribution in [0.2, 0.25) is 0 Å². The number of halogens is 2. The second-order valence-electron chi connectivity index (χ2n) is 10.8. The van der Waals surface area contributed by atoms with Crippen molar-refractivity contribution in [1.29, 1.82) is 0 Å². The van der Waals surface area contributed by atoms with Crippen LogP contribution in [0, 0.1) is 6.92 Å². The Hall–Kier alpha value is -4.49. The first-order valence-corrected chi connectivity index (χ1v) is 14.7. The molecule has 0 aliphatic carbocycles. The first kappa shape index (κ1) is 30.0. The first-order valence-electron chi connectivity index (χ1n) is 14.7. The van der Waals surface area contributed by atoms with E-state index in [-0.39, 0.29) is 11.5 Å². The van der Waals surface area contributed by atoms with E-state index in [9.17, 15) is 13.9 Å². The summed E-state index contributed by atoms with van der Waals surface area (Å²) in [6, 6.07) is 33.2. The molecule has 0 saturated carbocycles. The second kappa shape index (κ2) is 14.1. The van der Waals surface area contributed by atoms with Gasteiger partial charge in [0, 0.05) is 37.3 Å². The quantitative estimate of drug-likeness (QED) is 0.151. The van der Waals surface area contributed by atoms with Gasteiger partial charge in [-0.05, 0) is 48.2 Å². The van der Waals surface area contributed by atoms with E-state index >= 15 is 0 Å². The minimum absolute atomic E-state index is 0.181. The Morgan fingerprint density at radius 1 is 0.814 bits per heavy atom. The monoisotopic (exact) mass is 581 g/mol. The van der Waals surface area contributed by atoms with Gasteiger partial charge in [0.15, 0.2) is 0 Å². The highest BCUT2D eigenvalue weighted by Crippen LogP contribution is 2.32. The van der Waals surface area contributed by atoms with Crippen LogP contribution in [0.5, 0.6) is 11.5 Å². The molecule has 0 unspecified atom stereocenters. The third-order valence-corrected chi connectivity index (χ3v) is 7.46. The molecule has 1 aromatic heterocycles. The Morgan fingerprint density at radius 3 is 2.07 bits per heavy atom. The fourth-order valence-corrected chi connectivity index (χ4v) is 5.37. The number of aromatic hydroxyl groups is 1. The molecule has 5 aromatic rings. The predicted octanol–water partition coefficient (Wildman–Crippen LogP) is 8.84. The normalized spacial score (nSPS) is 11.4. The van der Waals surface area contributed by atoms with Gasteiger partial charge in [-0.3, -0.25) is 4.90 Å².